The Morgan fingerprint density at radius 3 is 2.36 bits per heavy atom. The van der Waals surface area contributed by atoms with Crippen LogP contribution in [0.1, 0.15) is 41.8 Å². The number of hydrogen-bond acceptors (Lipinski definition) is 3. The summed E-state index contributed by atoms with van der Waals surface area (Å²) in [5, 5.41) is 2.95. The Hall–Kier alpha value is -2.82. The molecule has 1 aliphatic heterocycles. The van der Waals surface area contributed by atoms with Crippen LogP contribution in [0.5, 0.6) is 0 Å². The summed E-state index contributed by atoms with van der Waals surface area (Å²) in [7, 11) is 0. The second kappa shape index (κ2) is 8.46. The predicted molar refractivity (Wildman–Crippen MR) is 113 cm³/mol. The van der Waals surface area contributed by atoms with E-state index in [0.717, 1.165) is 30.6 Å². The van der Waals surface area contributed by atoms with Gasteiger partial charge >= 0.3 is 0 Å². The van der Waals surface area contributed by atoms with Crippen molar-refractivity contribution in [2.24, 2.45) is 11.8 Å². The zero-order chi connectivity index (χ0) is 20.3. The third-order valence-corrected chi connectivity index (χ3v) is 5.26. The van der Waals surface area contributed by atoms with Crippen LogP contribution in [0.2, 0.25) is 0 Å². The van der Waals surface area contributed by atoms with Crippen LogP contribution in [0, 0.1) is 18.8 Å². The van der Waals surface area contributed by atoms with Gasteiger partial charge in [-0.3, -0.25) is 9.59 Å². The molecule has 2 atom stereocenters. The van der Waals surface area contributed by atoms with E-state index in [9.17, 15) is 9.59 Å². The molecule has 2 aromatic carbocycles. The lowest BCUT2D eigenvalue weighted by Crippen LogP contribution is -2.42. The number of benzene rings is 2. The number of anilines is 2. The van der Waals surface area contributed by atoms with Crippen LogP contribution in [0.4, 0.5) is 11.4 Å². The fourth-order valence-electron chi connectivity index (χ4n) is 3.92. The molecule has 2 aromatic rings. The van der Waals surface area contributed by atoms with Gasteiger partial charge in [-0.05, 0) is 60.6 Å². The van der Waals surface area contributed by atoms with Crippen LogP contribution in [-0.4, -0.2) is 29.8 Å². The van der Waals surface area contributed by atoms with Gasteiger partial charge in [-0.25, -0.2) is 0 Å². The van der Waals surface area contributed by atoms with Gasteiger partial charge in [-0.1, -0.05) is 32.0 Å². The standard InChI is InChI=1S/C23H29N3O2/c1-15-10-16(2)14-26(13-15)23(28)19-7-4-17(3)21(12-19)25-22(27)11-18-5-8-20(24)9-6-18/h4-9,12,15-16H,10-11,13-14,24H2,1-3H3,(H,25,27). The van der Waals surface area contributed by atoms with Gasteiger partial charge < -0.3 is 16.0 Å². The number of hydrogen-bond donors (Lipinski definition) is 2. The average molecular weight is 380 g/mol. The van der Waals surface area contributed by atoms with Gasteiger partial charge in [0.15, 0.2) is 0 Å². The molecule has 0 spiro atoms. The zero-order valence-electron chi connectivity index (χ0n) is 16.9. The Morgan fingerprint density at radius 1 is 1.07 bits per heavy atom. The zero-order valence-corrected chi connectivity index (χ0v) is 16.9. The molecule has 28 heavy (non-hydrogen) atoms. The fourth-order valence-corrected chi connectivity index (χ4v) is 3.92. The van der Waals surface area contributed by atoms with Crippen molar-refractivity contribution in [3.63, 3.8) is 0 Å². The molecule has 1 fully saturated rings. The summed E-state index contributed by atoms with van der Waals surface area (Å²) in [6.07, 6.45) is 1.42. The third kappa shape index (κ3) is 4.91. The number of amides is 2. The maximum absolute atomic E-state index is 13.0. The van der Waals surface area contributed by atoms with Gasteiger partial charge in [0.25, 0.3) is 5.91 Å². The quantitative estimate of drug-likeness (QED) is 0.792. The van der Waals surface area contributed by atoms with Gasteiger partial charge in [0.1, 0.15) is 0 Å². The molecule has 1 heterocycles. The van der Waals surface area contributed by atoms with Crippen LogP contribution >= 0.6 is 0 Å². The lowest BCUT2D eigenvalue weighted by molar-refractivity contribution is -0.115. The fraction of sp³-hybridized carbons (Fsp3) is 0.391. The second-order valence-electron chi connectivity index (χ2n) is 8.15. The highest BCUT2D eigenvalue weighted by atomic mass is 16.2. The van der Waals surface area contributed by atoms with Crippen LogP contribution in [-0.2, 0) is 11.2 Å². The minimum atomic E-state index is -0.113. The van der Waals surface area contributed by atoms with Crippen molar-refractivity contribution in [2.75, 3.05) is 24.1 Å². The van der Waals surface area contributed by atoms with Crippen molar-refractivity contribution in [1.29, 1.82) is 0 Å². The first-order chi connectivity index (χ1) is 13.3. The summed E-state index contributed by atoms with van der Waals surface area (Å²) >= 11 is 0. The van der Waals surface area contributed by atoms with E-state index < -0.39 is 0 Å². The summed E-state index contributed by atoms with van der Waals surface area (Å²) in [6, 6.07) is 12.8. The molecule has 5 heteroatoms. The molecule has 2 unspecified atom stereocenters. The van der Waals surface area contributed by atoms with E-state index in [1.54, 1.807) is 18.2 Å². The van der Waals surface area contributed by atoms with Crippen molar-refractivity contribution in [2.45, 2.75) is 33.6 Å². The maximum atomic E-state index is 13.0. The van der Waals surface area contributed by atoms with Crippen LogP contribution in [0.25, 0.3) is 0 Å². The van der Waals surface area contributed by atoms with Gasteiger partial charge in [-0.15, -0.1) is 0 Å². The Kier molecular flexibility index (Phi) is 6.02. The number of nitrogens with two attached hydrogens (primary N) is 1. The summed E-state index contributed by atoms with van der Waals surface area (Å²) < 4.78 is 0. The number of nitrogens with one attached hydrogen (secondary N) is 1. The summed E-state index contributed by atoms with van der Waals surface area (Å²) in [4.78, 5) is 27.3. The largest absolute Gasteiger partial charge is 0.399 e. The van der Waals surface area contributed by atoms with Gasteiger partial charge in [0.2, 0.25) is 5.91 Å². The summed E-state index contributed by atoms with van der Waals surface area (Å²) in [5.41, 5.74) is 9.50. The minimum absolute atomic E-state index is 0.0347. The Bertz CT molecular complexity index is 851. The van der Waals surface area contributed by atoms with Gasteiger partial charge in [0, 0.05) is 30.0 Å². The first kappa shape index (κ1) is 19.9. The SMILES string of the molecule is Cc1ccc(C(=O)N2CC(C)CC(C)C2)cc1NC(=O)Cc1ccc(N)cc1. The number of carbonyl (C=O) groups excluding carboxylic acids is 2. The molecule has 0 radical (unpaired) electrons. The first-order valence-corrected chi connectivity index (χ1v) is 9.86. The minimum Gasteiger partial charge on any atom is -0.399 e. The number of nitrogens with zero attached hydrogens (tertiary/aromatic N) is 1. The molecule has 3 N–H and O–H groups in total. The van der Waals surface area contributed by atoms with E-state index >= 15 is 0 Å². The predicted octanol–water partition coefficient (Wildman–Crippen LogP) is 3.88. The van der Waals surface area contributed by atoms with E-state index in [4.69, 9.17) is 5.73 Å². The monoisotopic (exact) mass is 379 g/mol. The van der Waals surface area contributed by atoms with E-state index in [-0.39, 0.29) is 18.2 Å². The molecule has 0 aliphatic carbocycles. The number of likely N-dealkylation sites (tertiary alicyclic amines) is 1. The molecular weight excluding hydrogens is 350 g/mol. The van der Waals surface area contributed by atoms with Crippen LogP contribution < -0.4 is 11.1 Å². The number of aryl methyl sites for hydroxylation is 1. The van der Waals surface area contributed by atoms with Crippen LogP contribution in [0.3, 0.4) is 0 Å². The molecule has 148 valence electrons. The normalized spacial score (nSPS) is 19.3. The van der Waals surface area contributed by atoms with E-state index in [1.807, 2.05) is 36.1 Å². The highest BCUT2D eigenvalue weighted by molar-refractivity contribution is 5.98. The highest BCUT2D eigenvalue weighted by Gasteiger charge is 2.26. The second-order valence-corrected chi connectivity index (χ2v) is 8.15. The first-order valence-electron chi connectivity index (χ1n) is 9.86. The third-order valence-electron chi connectivity index (χ3n) is 5.26. The number of carbonyl (C=O) groups is 2. The molecule has 0 bridgehead atoms. The topological polar surface area (TPSA) is 75.4 Å². The van der Waals surface area contributed by atoms with E-state index in [0.29, 0.717) is 28.8 Å². The lowest BCUT2D eigenvalue weighted by Gasteiger charge is -2.35. The molecule has 5 nitrogen and oxygen atoms in total. The average Bonchev–Trinajstić information content (AvgIpc) is 2.64. The van der Waals surface area contributed by atoms with Gasteiger partial charge in [-0.2, -0.15) is 0 Å². The number of rotatable bonds is 4. The molecular formula is C23H29N3O2. The number of nitrogen functional groups attached to an aromatic ring is 1. The highest BCUT2D eigenvalue weighted by Crippen LogP contribution is 2.24. The summed E-state index contributed by atoms with van der Waals surface area (Å²) in [6.45, 7) is 7.88. The molecule has 0 saturated carbocycles. The Morgan fingerprint density at radius 2 is 1.71 bits per heavy atom. The lowest BCUT2D eigenvalue weighted by atomic mass is 9.91. The molecule has 1 aliphatic rings. The van der Waals surface area contributed by atoms with Crippen molar-refractivity contribution < 1.29 is 9.59 Å². The Labute approximate surface area is 166 Å². The number of piperidine rings is 1. The van der Waals surface area contributed by atoms with Gasteiger partial charge in [0.05, 0.1) is 6.42 Å². The summed E-state index contributed by atoms with van der Waals surface area (Å²) in [5.74, 6) is 0.944. The smallest absolute Gasteiger partial charge is 0.253 e. The van der Waals surface area contributed by atoms with E-state index in [1.165, 1.54) is 0 Å². The van der Waals surface area contributed by atoms with Crippen molar-refractivity contribution in [3.05, 3.63) is 59.2 Å². The molecule has 1 saturated heterocycles. The Balaban J connectivity index is 1.71. The maximum Gasteiger partial charge on any atom is 0.253 e. The van der Waals surface area contributed by atoms with Crippen molar-refractivity contribution >= 4 is 23.2 Å². The van der Waals surface area contributed by atoms with E-state index in [2.05, 4.69) is 19.2 Å². The van der Waals surface area contributed by atoms with Crippen molar-refractivity contribution in [3.8, 4) is 0 Å². The molecule has 2 amide bonds. The van der Waals surface area contributed by atoms with Crippen LogP contribution in [0.15, 0.2) is 42.5 Å². The van der Waals surface area contributed by atoms with Crippen molar-refractivity contribution in [1.82, 2.24) is 4.90 Å². The molecule has 3 rings (SSSR count). The molecule has 0 aromatic heterocycles.